The van der Waals surface area contributed by atoms with Crippen LogP contribution in [0.4, 0.5) is 10.1 Å². The number of nitrogens with zero attached hydrogens (tertiary/aromatic N) is 1. The molecule has 22 heavy (non-hydrogen) atoms. The summed E-state index contributed by atoms with van der Waals surface area (Å²) in [7, 11) is 0. The highest BCUT2D eigenvalue weighted by Gasteiger charge is 2.19. The Balaban J connectivity index is 2.24. The lowest BCUT2D eigenvalue weighted by Gasteiger charge is -2.31. The third-order valence-electron chi connectivity index (χ3n) is 3.93. The number of nitrogens with two attached hydrogens (primary N) is 1. The average molecular weight is 309 g/mol. The van der Waals surface area contributed by atoms with Crippen LogP contribution in [0.1, 0.15) is 26.3 Å². The minimum atomic E-state index is -1.12. The highest BCUT2D eigenvalue weighted by molar-refractivity contribution is 5.55. The molecule has 0 unspecified atom stereocenters. The summed E-state index contributed by atoms with van der Waals surface area (Å²) in [5.41, 5.74) is 7.67. The minimum absolute atomic E-state index is 0.00505. The van der Waals surface area contributed by atoms with Crippen LogP contribution >= 0.6 is 0 Å². The van der Waals surface area contributed by atoms with Crippen LogP contribution in [0.3, 0.4) is 0 Å². The lowest BCUT2D eigenvalue weighted by molar-refractivity contribution is 0.201. The molecule has 1 aromatic rings. The summed E-state index contributed by atoms with van der Waals surface area (Å²) in [6.07, 6.45) is -1.12. The Morgan fingerprint density at radius 2 is 1.95 bits per heavy atom. The van der Waals surface area contributed by atoms with Crippen LogP contribution in [0.25, 0.3) is 0 Å². The zero-order valence-corrected chi connectivity index (χ0v) is 13.9. The van der Waals surface area contributed by atoms with Crippen molar-refractivity contribution in [2.75, 3.05) is 44.2 Å². The van der Waals surface area contributed by atoms with Crippen molar-refractivity contribution in [3.05, 3.63) is 23.8 Å². The molecule has 3 N–H and O–H groups in total. The van der Waals surface area contributed by atoms with Gasteiger partial charge in [-0.2, -0.15) is 0 Å². The number of nitrogens with one attached hydrogen (secondary N) is 1. The highest BCUT2D eigenvalue weighted by atomic mass is 19.1. The molecule has 4 nitrogen and oxygen atoms in total. The van der Waals surface area contributed by atoms with Crippen molar-refractivity contribution in [2.24, 2.45) is 5.73 Å². The van der Waals surface area contributed by atoms with Gasteiger partial charge in [-0.25, -0.2) is 4.39 Å². The summed E-state index contributed by atoms with van der Waals surface area (Å²) in [4.78, 5) is 2.34. The van der Waals surface area contributed by atoms with E-state index in [1.54, 1.807) is 0 Å². The van der Waals surface area contributed by atoms with E-state index < -0.39 is 6.17 Å². The van der Waals surface area contributed by atoms with E-state index in [4.69, 9.17) is 10.5 Å². The molecule has 0 aromatic heterocycles. The molecule has 1 aliphatic heterocycles. The number of rotatable bonds is 5. The van der Waals surface area contributed by atoms with Gasteiger partial charge in [-0.3, -0.25) is 0 Å². The Hall–Kier alpha value is -1.33. The molecule has 2 rings (SSSR count). The van der Waals surface area contributed by atoms with Crippen molar-refractivity contribution in [1.29, 1.82) is 0 Å². The molecule has 1 saturated heterocycles. The summed E-state index contributed by atoms with van der Waals surface area (Å²) in [6, 6.07) is 6.23. The first kappa shape index (κ1) is 17.0. The van der Waals surface area contributed by atoms with Crippen LogP contribution in [-0.2, 0) is 5.41 Å². The summed E-state index contributed by atoms with van der Waals surface area (Å²) >= 11 is 0. The maximum Gasteiger partial charge on any atom is 0.146 e. The van der Waals surface area contributed by atoms with Gasteiger partial charge < -0.3 is 20.7 Å². The van der Waals surface area contributed by atoms with Crippen LogP contribution < -0.4 is 20.7 Å². The van der Waals surface area contributed by atoms with Crippen LogP contribution in [0, 0.1) is 0 Å². The number of hydrogen-bond donors (Lipinski definition) is 2. The minimum Gasteiger partial charge on any atom is -0.490 e. The molecule has 0 aliphatic carbocycles. The second-order valence-electron chi connectivity index (χ2n) is 6.85. The van der Waals surface area contributed by atoms with Crippen molar-refractivity contribution in [3.8, 4) is 5.75 Å². The van der Waals surface area contributed by atoms with Gasteiger partial charge >= 0.3 is 0 Å². The molecular weight excluding hydrogens is 281 g/mol. The number of alkyl halides is 1. The van der Waals surface area contributed by atoms with E-state index in [0.29, 0.717) is 0 Å². The largest absolute Gasteiger partial charge is 0.490 e. The molecule has 1 atom stereocenters. The Labute approximate surface area is 132 Å². The second kappa shape index (κ2) is 7.29. The number of ether oxygens (including phenoxy) is 1. The summed E-state index contributed by atoms with van der Waals surface area (Å²) in [5.74, 6) is 0.719. The van der Waals surface area contributed by atoms with Crippen LogP contribution in [-0.4, -0.2) is 45.5 Å². The lowest BCUT2D eigenvalue weighted by Crippen LogP contribution is -2.43. The topological polar surface area (TPSA) is 50.5 Å². The molecule has 0 radical (unpaired) electrons. The van der Waals surface area contributed by atoms with Crippen molar-refractivity contribution in [2.45, 2.75) is 32.4 Å². The van der Waals surface area contributed by atoms with Crippen LogP contribution in [0.15, 0.2) is 18.2 Å². The Morgan fingerprint density at radius 1 is 1.27 bits per heavy atom. The number of anilines is 1. The smallest absolute Gasteiger partial charge is 0.146 e. The van der Waals surface area contributed by atoms with E-state index in [1.165, 1.54) is 5.56 Å². The predicted molar refractivity (Wildman–Crippen MR) is 89.7 cm³/mol. The fourth-order valence-electron chi connectivity index (χ4n) is 2.46. The number of hydrogen-bond acceptors (Lipinski definition) is 4. The quantitative estimate of drug-likeness (QED) is 0.874. The van der Waals surface area contributed by atoms with Gasteiger partial charge in [0.2, 0.25) is 0 Å². The molecule has 0 spiro atoms. The second-order valence-corrected chi connectivity index (χ2v) is 6.85. The fraction of sp³-hybridized carbons (Fsp3) is 0.647. The van der Waals surface area contributed by atoms with Crippen molar-refractivity contribution in [3.63, 3.8) is 0 Å². The molecule has 1 fully saturated rings. The summed E-state index contributed by atoms with van der Waals surface area (Å²) in [5, 5.41) is 3.36. The lowest BCUT2D eigenvalue weighted by atomic mass is 9.86. The molecule has 1 aromatic carbocycles. The van der Waals surface area contributed by atoms with E-state index in [-0.39, 0.29) is 18.6 Å². The average Bonchev–Trinajstić information content (AvgIpc) is 2.52. The Morgan fingerprint density at radius 3 is 2.55 bits per heavy atom. The van der Waals surface area contributed by atoms with E-state index in [2.05, 4.69) is 37.1 Å². The Bertz CT molecular complexity index is 481. The number of benzene rings is 1. The SMILES string of the molecule is CC(C)(C)c1cc(OC[C@H](F)CN)cc(N2CCNCC2)c1. The molecular formula is C17H28FN3O. The zero-order chi connectivity index (χ0) is 16.2. The fourth-order valence-corrected chi connectivity index (χ4v) is 2.46. The Kier molecular flexibility index (Phi) is 5.64. The maximum atomic E-state index is 13.3. The summed E-state index contributed by atoms with van der Waals surface area (Å²) in [6.45, 7) is 10.4. The van der Waals surface area contributed by atoms with Crippen molar-refractivity contribution < 1.29 is 9.13 Å². The zero-order valence-electron chi connectivity index (χ0n) is 13.9. The van der Waals surface area contributed by atoms with Gasteiger partial charge in [-0.1, -0.05) is 20.8 Å². The first-order chi connectivity index (χ1) is 10.4. The standard InChI is InChI=1S/C17H28FN3O/c1-17(2,3)13-8-15(21-6-4-20-5-7-21)10-16(9-13)22-12-14(18)11-19/h8-10,14,20H,4-7,11-12,19H2,1-3H3/t14-/m1/s1. The van der Waals surface area contributed by atoms with E-state index in [9.17, 15) is 4.39 Å². The third-order valence-corrected chi connectivity index (χ3v) is 3.93. The molecule has 1 aliphatic rings. The van der Waals surface area contributed by atoms with Gasteiger partial charge in [0.05, 0.1) is 0 Å². The molecule has 1 heterocycles. The summed E-state index contributed by atoms with van der Waals surface area (Å²) < 4.78 is 19.0. The van der Waals surface area contributed by atoms with Crippen LogP contribution in [0.5, 0.6) is 5.75 Å². The molecule has 5 heteroatoms. The number of piperazine rings is 1. The van der Waals surface area contributed by atoms with Gasteiger partial charge in [0.25, 0.3) is 0 Å². The predicted octanol–water partition coefficient (Wildman–Crippen LogP) is 2.07. The molecule has 0 saturated carbocycles. The molecule has 0 bridgehead atoms. The highest BCUT2D eigenvalue weighted by Crippen LogP contribution is 2.31. The van der Waals surface area contributed by atoms with Gasteiger partial charge in [-0.15, -0.1) is 0 Å². The first-order valence-electron chi connectivity index (χ1n) is 7.98. The van der Waals surface area contributed by atoms with E-state index in [0.717, 1.165) is 37.6 Å². The van der Waals surface area contributed by atoms with E-state index in [1.807, 2.05) is 12.1 Å². The first-order valence-corrected chi connectivity index (χ1v) is 7.98. The van der Waals surface area contributed by atoms with Gasteiger partial charge in [-0.05, 0) is 23.1 Å². The monoisotopic (exact) mass is 309 g/mol. The van der Waals surface area contributed by atoms with Crippen molar-refractivity contribution in [1.82, 2.24) is 5.32 Å². The van der Waals surface area contributed by atoms with Gasteiger partial charge in [0.15, 0.2) is 0 Å². The molecule has 124 valence electrons. The van der Waals surface area contributed by atoms with Gasteiger partial charge in [0.1, 0.15) is 18.5 Å². The van der Waals surface area contributed by atoms with Crippen LogP contribution in [0.2, 0.25) is 0 Å². The number of halogens is 1. The normalized spacial score (nSPS) is 17.4. The van der Waals surface area contributed by atoms with Crippen molar-refractivity contribution >= 4 is 5.69 Å². The third kappa shape index (κ3) is 4.58. The molecule has 0 amide bonds. The van der Waals surface area contributed by atoms with E-state index >= 15 is 0 Å². The maximum absolute atomic E-state index is 13.3. The van der Waals surface area contributed by atoms with Gasteiger partial charge in [0, 0.05) is 44.5 Å².